The predicted octanol–water partition coefficient (Wildman–Crippen LogP) is 1.00. The number of rotatable bonds is 25. The first kappa shape index (κ1) is 29.1. The van der Waals surface area contributed by atoms with Crippen molar-refractivity contribution >= 4 is 5.97 Å². The molecule has 0 bridgehead atoms. The van der Waals surface area contributed by atoms with Crippen molar-refractivity contribution in [3.8, 4) is 0 Å². The van der Waals surface area contributed by atoms with Crippen molar-refractivity contribution in [2.24, 2.45) is 0 Å². The topological polar surface area (TPSA) is 111 Å². The van der Waals surface area contributed by atoms with Crippen molar-refractivity contribution in [2.45, 2.75) is 26.4 Å². The summed E-state index contributed by atoms with van der Waals surface area (Å²) in [6, 6.07) is 0. The van der Waals surface area contributed by atoms with E-state index in [-0.39, 0.29) is 19.1 Å². The lowest BCUT2D eigenvalue weighted by Gasteiger charge is -2.09. The third kappa shape index (κ3) is 27.1. The lowest BCUT2D eigenvalue weighted by Crippen LogP contribution is -2.15. The van der Waals surface area contributed by atoms with Crippen LogP contribution in [0.5, 0.6) is 0 Å². The molecule has 0 amide bonds. The standard InChI is InChI=1S/C20H40O10/c1-19(2)30-18-17-29-16-15-28-14-13-27-12-11-26-10-9-25-8-7-24-6-5-23-4-3-20(21)22/h19H,3-18H2,1-2H3,(H,21,22). The molecule has 0 saturated heterocycles. The molecule has 30 heavy (non-hydrogen) atoms. The number of aliphatic carboxylic acids is 1. The fourth-order valence-electron chi connectivity index (χ4n) is 1.92. The molecule has 0 aromatic carbocycles. The molecule has 0 aliphatic heterocycles. The van der Waals surface area contributed by atoms with Crippen molar-refractivity contribution in [2.75, 3.05) is 99.1 Å². The molecule has 0 rings (SSSR count). The van der Waals surface area contributed by atoms with Gasteiger partial charge in [-0.3, -0.25) is 4.79 Å². The third-order valence-corrected chi connectivity index (χ3v) is 3.37. The van der Waals surface area contributed by atoms with Crippen LogP contribution in [0, 0.1) is 0 Å². The molecule has 1 N–H and O–H groups in total. The zero-order chi connectivity index (χ0) is 22.1. The molecule has 0 atom stereocenters. The average Bonchev–Trinajstić information content (AvgIpc) is 2.70. The van der Waals surface area contributed by atoms with Crippen LogP contribution in [0.3, 0.4) is 0 Å². The van der Waals surface area contributed by atoms with E-state index >= 15 is 0 Å². The van der Waals surface area contributed by atoms with Crippen LogP contribution in [0.25, 0.3) is 0 Å². The first-order chi connectivity index (χ1) is 14.6. The first-order valence-corrected chi connectivity index (χ1v) is 10.5. The second-order valence-electron chi connectivity index (χ2n) is 6.35. The Morgan fingerprint density at radius 1 is 0.533 bits per heavy atom. The van der Waals surface area contributed by atoms with Gasteiger partial charge in [-0.15, -0.1) is 0 Å². The maximum Gasteiger partial charge on any atom is 0.305 e. The highest BCUT2D eigenvalue weighted by molar-refractivity contribution is 5.66. The van der Waals surface area contributed by atoms with Crippen molar-refractivity contribution in [3.05, 3.63) is 0 Å². The molecule has 0 aliphatic carbocycles. The van der Waals surface area contributed by atoms with Crippen LogP contribution < -0.4 is 0 Å². The van der Waals surface area contributed by atoms with E-state index in [0.29, 0.717) is 92.5 Å². The van der Waals surface area contributed by atoms with Crippen molar-refractivity contribution in [1.29, 1.82) is 0 Å². The van der Waals surface area contributed by atoms with E-state index in [0.717, 1.165) is 0 Å². The van der Waals surface area contributed by atoms with Crippen LogP contribution in [-0.2, 0) is 42.7 Å². The molecule has 0 fully saturated rings. The summed E-state index contributed by atoms with van der Waals surface area (Å²) in [6.07, 6.45) is 0.237. The van der Waals surface area contributed by atoms with Gasteiger partial charge in [-0.2, -0.15) is 0 Å². The monoisotopic (exact) mass is 440 g/mol. The van der Waals surface area contributed by atoms with Gasteiger partial charge in [-0.05, 0) is 13.8 Å². The zero-order valence-electron chi connectivity index (χ0n) is 18.5. The van der Waals surface area contributed by atoms with Gasteiger partial charge in [0.15, 0.2) is 0 Å². The summed E-state index contributed by atoms with van der Waals surface area (Å²) in [5.74, 6) is -0.868. The first-order valence-electron chi connectivity index (χ1n) is 10.5. The van der Waals surface area contributed by atoms with Gasteiger partial charge in [0.05, 0.1) is 112 Å². The third-order valence-electron chi connectivity index (χ3n) is 3.37. The van der Waals surface area contributed by atoms with E-state index in [1.807, 2.05) is 13.8 Å². The molecule has 0 heterocycles. The Morgan fingerprint density at radius 3 is 1.07 bits per heavy atom. The fraction of sp³-hybridized carbons (Fsp3) is 0.950. The van der Waals surface area contributed by atoms with Gasteiger partial charge >= 0.3 is 5.97 Å². The highest BCUT2D eigenvalue weighted by atomic mass is 16.6. The highest BCUT2D eigenvalue weighted by Crippen LogP contribution is 1.88. The molecule has 10 nitrogen and oxygen atoms in total. The van der Waals surface area contributed by atoms with Gasteiger partial charge in [0.25, 0.3) is 0 Å². The Morgan fingerprint density at radius 2 is 0.800 bits per heavy atom. The fourth-order valence-corrected chi connectivity index (χ4v) is 1.92. The Balaban J connectivity index is 3.01. The van der Waals surface area contributed by atoms with E-state index in [2.05, 4.69) is 0 Å². The number of hydrogen-bond donors (Lipinski definition) is 1. The minimum atomic E-state index is -0.868. The molecule has 10 heteroatoms. The molecule has 0 aromatic rings. The van der Waals surface area contributed by atoms with Gasteiger partial charge in [-0.25, -0.2) is 0 Å². The number of ether oxygens (including phenoxy) is 8. The lowest BCUT2D eigenvalue weighted by atomic mass is 10.5. The van der Waals surface area contributed by atoms with Gasteiger partial charge in [-0.1, -0.05) is 0 Å². The molecular formula is C20H40O10. The van der Waals surface area contributed by atoms with Crippen LogP contribution in [-0.4, -0.2) is 116 Å². The summed E-state index contributed by atoms with van der Waals surface area (Å²) in [7, 11) is 0. The smallest absolute Gasteiger partial charge is 0.305 e. The van der Waals surface area contributed by atoms with Gasteiger partial charge in [0.2, 0.25) is 0 Å². The zero-order valence-corrected chi connectivity index (χ0v) is 18.5. The SMILES string of the molecule is CC(C)OCCOCCOCCOCCOCCOCCOCCOCCC(=O)O. The van der Waals surface area contributed by atoms with E-state index in [1.54, 1.807) is 0 Å². The van der Waals surface area contributed by atoms with E-state index in [1.165, 1.54) is 0 Å². The number of carbonyl (C=O) groups is 1. The van der Waals surface area contributed by atoms with Crippen molar-refractivity contribution in [3.63, 3.8) is 0 Å². The molecule has 0 spiro atoms. The summed E-state index contributed by atoms with van der Waals surface area (Å²) >= 11 is 0. The average molecular weight is 441 g/mol. The van der Waals surface area contributed by atoms with Gasteiger partial charge in [0.1, 0.15) is 0 Å². The number of hydrogen-bond acceptors (Lipinski definition) is 9. The number of carboxylic acid groups (broad SMARTS) is 1. The minimum Gasteiger partial charge on any atom is -0.481 e. The van der Waals surface area contributed by atoms with E-state index in [9.17, 15) is 4.79 Å². The lowest BCUT2D eigenvalue weighted by molar-refractivity contribution is -0.138. The normalized spacial score (nSPS) is 11.4. The molecule has 180 valence electrons. The van der Waals surface area contributed by atoms with Gasteiger partial charge < -0.3 is 43.0 Å². The summed E-state index contributed by atoms with van der Waals surface area (Å²) in [6.45, 7) is 11.3. The van der Waals surface area contributed by atoms with Gasteiger partial charge in [0, 0.05) is 0 Å². The Bertz CT molecular complexity index is 354. The summed E-state index contributed by atoms with van der Waals surface area (Å²) in [5.41, 5.74) is 0. The van der Waals surface area contributed by atoms with E-state index < -0.39 is 5.97 Å². The molecular weight excluding hydrogens is 400 g/mol. The molecule has 0 saturated carbocycles. The second kappa shape index (κ2) is 24.4. The predicted molar refractivity (Wildman–Crippen MR) is 109 cm³/mol. The summed E-state index contributed by atoms with van der Waals surface area (Å²) < 4.78 is 42.7. The Labute approximate surface area is 180 Å². The van der Waals surface area contributed by atoms with Crippen molar-refractivity contribution < 1.29 is 47.8 Å². The second-order valence-corrected chi connectivity index (χ2v) is 6.35. The van der Waals surface area contributed by atoms with Crippen LogP contribution in [0.4, 0.5) is 0 Å². The molecule has 0 unspecified atom stereocenters. The maximum atomic E-state index is 10.3. The van der Waals surface area contributed by atoms with Crippen LogP contribution in [0.1, 0.15) is 20.3 Å². The molecule has 0 radical (unpaired) electrons. The highest BCUT2D eigenvalue weighted by Gasteiger charge is 1.97. The number of carboxylic acids is 1. The minimum absolute atomic E-state index is 0.00658. The summed E-state index contributed by atoms with van der Waals surface area (Å²) in [5, 5.41) is 8.44. The van der Waals surface area contributed by atoms with Crippen LogP contribution >= 0.6 is 0 Å². The Kier molecular flexibility index (Phi) is 23.7. The van der Waals surface area contributed by atoms with Crippen molar-refractivity contribution in [1.82, 2.24) is 0 Å². The van der Waals surface area contributed by atoms with E-state index in [4.69, 9.17) is 43.0 Å². The quantitative estimate of drug-likeness (QED) is 0.206. The summed E-state index contributed by atoms with van der Waals surface area (Å²) in [4.78, 5) is 10.3. The molecule has 0 aliphatic rings. The maximum absolute atomic E-state index is 10.3. The largest absolute Gasteiger partial charge is 0.481 e. The van der Waals surface area contributed by atoms with Crippen LogP contribution in [0.15, 0.2) is 0 Å². The Hall–Kier alpha value is -0.850. The molecule has 0 aromatic heterocycles. The van der Waals surface area contributed by atoms with Crippen LogP contribution in [0.2, 0.25) is 0 Å².